The lowest BCUT2D eigenvalue weighted by molar-refractivity contribution is 0.0715. The number of amides is 1. The molecule has 1 aromatic carbocycles. The maximum absolute atomic E-state index is 12.7. The smallest absolute Gasteiger partial charge is 0.259 e. The fourth-order valence-corrected chi connectivity index (χ4v) is 3.00. The van der Waals surface area contributed by atoms with Gasteiger partial charge in [0.15, 0.2) is 0 Å². The van der Waals surface area contributed by atoms with Crippen LogP contribution in [-0.2, 0) is 0 Å². The van der Waals surface area contributed by atoms with Gasteiger partial charge in [0.25, 0.3) is 5.91 Å². The summed E-state index contributed by atoms with van der Waals surface area (Å²) < 4.78 is 10.2. The first-order valence-electron chi connectivity index (χ1n) is 6.96. The number of β-amino-alcohol motifs (C(OH)–C–C–N with tert-alkyl or cyclic N) is 1. The summed E-state index contributed by atoms with van der Waals surface area (Å²) in [5.41, 5.74) is 1.23. The van der Waals surface area contributed by atoms with Gasteiger partial charge >= 0.3 is 0 Å². The Morgan fingerprint density at radius 3 is 2.95 bits per heavy atom. The van der Waals surface area contributed by atoms with Crippen LogP contribution >= 0.6 is 11.6 Å². The normalized spacial score (nSPS) is 21.1. The van der Waals surface area contributed by atoms with Crippen LogP contribution in [0.2, 0.25) is 5.22 Å². The molecule has 1 saturated heterocycles. The SMILES string of the molecule is COc1cccc([C@@H]2C[C@@H](O)CN2C(=O)c2ccoc2Cl)c1. The maximum atomic E-state index is 12.7. The Kier molecular flexibility index (Phi) is 4.09. The highest BCUT2D eigenvalue weighted by molar-refractivity contribution is 6.32. The van der Waals surface area contributed by atoms with Gasteiger partial charge in [-0.15, -0.1) is 0 Å². The van der Waals surface area contributed by atoms with Crippen LogP contribution in [0.25, 0.3) is 0 Å². The fourth-order valence-electron chi connectivity index (χ4n) is 2.80. The summed E-state index contributed by atoms with van der Waals surface area (Å²) in [5.74, 6) is 0.468. The zero-order chi connectivity index (χ0) is 15.7. The molecule has 3 rings (SSSR count). The maximum Gasteiger partial charge on any atom is 0.259 e. The third kappa shape index (κ3) is 2.69. The Bertz CT molecular complexity index is 684. The van der Waals surface area contributed by atoms with E-state index in [1.54, 1.807) is 12.0 Å². The van der Waals surface area contributed by atoms with Crippen LogP contribution in [-0.4, -0.2) is 35.7 Å². The van der Waals surface area contributed by atoms with Crippen molar-refractivity contribution in [2.75, 3.05) is 13.7 Å². The zero-order valence-electron chi connectivity index (χ0n) is 12.0. The summed E-state index contributed by atoms with van der Waals surface area (Å²) in [6.07, 6.45) is 1.29. The number of hydrogen-bond donors (Lipinski definition) is 1. The first-order valence-corrected chi connectivity index (χ1v) is 7.34. The molecule has 1 aliphatic heterocycles. The number of rotatable bonds is 3. The molecule has 0 saturated carbocycles. The molecule has 0 aliphatic carbocycles. The minimum Gasteiger partial charge on any atom is -0.497 e. The lowest BCUT2D eigenvalue weighted by atomic mass is 10.0. The van der Waals surface area contributed by atoms with E-state index in [1.165, 1.54) is 12.3 Å². The Hall–Kier alpha value is -1.98. The Labute approximate surface area is 133 Å². The molecule has 0 unspecified atom stereocenters. The number of carbonyl (C=O) groups excluding carboxylic acids is 1. The van der Waals surface area contributed by atoms with E-state index in [-0.39, 0.29) is 23.7 Å². The summed E-state index contributed by atoms with van der Waals surface area (Å²) >= 11 is 5.89. The van der Waals surface area contributed by atoms with Gasteiger partial charge in [0.1, 0.15) is 5.75 Å². The average Bonchev–Trinajstić information content (AvgIpc) is 3.12. The number of methoxy groups -OCH3 is 1. The molecular formula is C16H16ClNO4. The highest BCUT2D eigenvalue weighted by Gasteiger charge is 2.36. The molecule has 0 bridgehead atoms. The number of aliphatic hydroxyl groups excluding tert-OH is 1. The summed E-state index contributed by atoms with van der Waals surface area (Å²) in [7, 11) is 1.59. The summed E-state index contributed by atoms with van der Waals surface area (Å²) in [6, 6.07) is 8.82. The van der Waals surface area contributed by atoms with Crippen LogP contribution in [0.15, 0.2) is 41.0 Å². The number of likely N-dealkylation sites (tertiary alicyclic amines) is 1. The first kappa shape index (κ1) is 14.9. The zero-order valence-corrected chi connectivity index (χ0v) is 12.8. The highest BCUT2D eigenvalue weighted by atomic mass is 35.5. The van der Waals surface area contributed by atoms with Crippen molar-refractivity contribution in [1.82, 2.24) is 4.90 Å². The van der Waals surface area contributed by atoms with Crippen molar-refractivity contribution >= 4 is 17.5 Å². The minimum absolute atomic E-state index is 0.0655. The molecule has 0 spiro atoms. The predicted octanol–water partition coefficient (Wildman–Crippen LogP) is 2.89. The van der Waals surface area contributed by atoms with Crippen LogP contribution in [0.3, 0.4) is 0 Å². The van der Waals surface area contributed by atoms with Gasteiger partial charge in [-0.25, -0.2) is 0 Å². The van der Waals surface area contributed by atoms with Crippen LogP contribution in [0.5, 0.6) is 5.75 Å². The van der Waals surface area contributed by atoms with Crippen LogP contribution in [0, 0.1) is 0 Å². The van der Waals surface area contributed by atoms with Gasteiger partial charge in [-0.3, -0.25) is 4.79 Å². The van der Waals surface area contributed by atoms with Crippen LogP contribution in [0.1, 0.15) is 28.4 Å². The van der Waals surface area contributed by atoms with Crippen LogP contribution < -0.4 is 4.74 Å². The largest absolute Gasteiger partial charge is 0.497 e. The Morgan fingerprint density at radius 2 is 2.27 bits per heavy atom. The number of ether oxygens (including phenoxy) is 1. The lowest BCUT2D eigenvalue weighted by Gasteiger charge is -2.24. The van der Waals surface area contributed by atoms with Gasteiger partial charge in [0, 0.05) is 6.54 Å². The number of halogens is 1. The number of furan rings is 1. The Morgan fingerprint density at radius 1 is 1.45 bits per heavy atom. The van der Waals surface area contributed by atoms with Crippen LogP contribution in [0.4, 0.5) is 0 Å². The van der Waals surface area contributed by atoms with E-state index < -0.39 is 6.10 Å². The highest BCUT2D eigenvalue weighted by Crippen LogP contribution is 2.35. The molecule has 2 aromatic rings. The molecular weight excluding hydrogens is 306 g/mol. The van der Waals surface area contributed by atoms with E-state index in [4.69, 9.17) is 20.8 Å². The van der Waals surface area contributed by atoms with Crippen molar-refractivity contribution in [3.8, 4) is 5.75 Å². The molecule has 1 fully saturated rings. The molecule has 6 heteroatoms. The number of carbonyl (C=O) groups is 1. The second kappa shape index (κ2) is 6.02. The molecule has 116 valence electrons. The molecule has 22 heavy (non-hydrogen) atoms. The van der Waals surface area contributed by atoms with E-state index in [1.807, 2.05) is 24.3 Å². The van der Waals surface area contributed by atoms with E-state index >= 15 is 0 Å². The third-order valence-corrected chi connectivity index (χ3v) is 4.16. The van der Waals surface area contributed by atoms with Gasteiger partial charge in [-0.1, -0.05) is 12.1 Å². The topological polar surface area (TPSA) is 62.9 Å². The van der Waals surface area contributed by atoms with Crippen molar-refractivity contribution in [2.24, 2.45) is 0 Å². The van der Waals surface area contributed by atoms with Crippen molar-refractivity contribution in [3.63, 3.8) is 0 Å². The number of benzene rings is 1. The molecule has 1 aromatic heterocycles. The fraction of sp³-hybridized carbons (Fsp3) is 0.312. The average molecular weight is 322 g/mol. The second-order valence-corrected chi connectivity index (χ2v) is 5.59. The van der Waals surface area contributed by atoms with Crippen molar-refractivity contribution < 1.29 is 19.1 Å². The first-order chi connectivity index (χ1) is 10.6. The van der Waals surface area contributed by atoms with Gasteiger partial charge in [-0.2, -0.15) is 0 Å². The molecule has 5 nitrogen and oxygen atoms in total. The minimum atomic E-state index is -0.564. The van der Waals surface area contributed by atoms with Crippen molar-refractivity contribution in [3.05, 3.63) is 52.9 Å². The molecule has 1 amide bonds. The molecule has 0 radical (unpaired) electrons. The lowest BCUT2D eigenvalue weighted by Crippen LogP contribution is -2.31. The summed E-state index contributed by atoms with van der Waals surface area (Å²) in [6.45, 7) is 0.266. The molecule has 1 N–H and O–H groups in total. The van der Waals surface area contributed by atoms with Gasteiger partial charge in [-0.05, 0) is 41.8 Å². The standard InChI is InChI=1S/C16H16ClNO4/c1-21-12-4-2-3-10(7-12)14-8-11(19)9-18(14)16(20)13-5-6-22-15(13)17/h2-7,11,14,19H,8-9H2,1H3/t11-,14+/m1/s1. The number of aliphatic hydroxyl groups is 1. The van der Waals surface area contributed by atoms with E-state index in [9.17, 15) is 9.90 Å². The quantitative estimate of drug-likeness (QED) is 0.944. The molecule has 1 aliphatic rings. The number of hydrogen-bond acceptors (Lipinski definition) is 4. The monoisotopic (exact) mass is 321 g/mol. The van der Waals surface area contributed by atoms with E-state index in [0.29, 0.717) is 17.7 Å². The second-order valence-electron chi connectivity index (χ2n) is 5.25. The van der Waals surface area contributed by atoms with E-state index in [2.05, 4.69) is 0 Å². The number of nitrogens with zero attached hydrogens (tertiary/aromatic N) is 1. The summed E-state index contributed by atoms with van der Waals surface area (Å²) in [5, 5.41) is 10.1. The Balaban J connectivity index is 1.92. The van der Waals surface area contributed by atoms with Gasteiger partial charge < -0.3 is 19.2 Å². The van der Waals surface area contributed by atoms with Crippen molar-refractivity contribution in [2.45, 2.75) is 18.6 Å². The van der Waals surface area contributed by atoms with Crippen molar-refractivity contribution in [1.29, 1.82) is 0 Å². The predicted molar refractivity (Wildman–Crippen MR) is 81.1 cm³/mol. The van der Waals surface area contributed by atoms with Gasteiger partial charge in [0.05, 0.1) is 31.1 Å². The van der Waals surface area contributed by atoms with Gasteiger partial charge in [0.2, 0.25) is 5.22 Å². The third-order valence-electron chi connectivity index (χ3n) is 3.87. The summed E-state index contributed by atoms with van der Waals surface area (Å²) in [4.78, 5) is 14.3. The van der Waals surface area contributed by atoms with E-state index in [0.717, 1.165) is 5.56 Å². The molecule has 2 heterocycles. The molecule has 2 atom stereocenters.